The van der Waals surface area contributed by atoms with Crippen molar-refractivity contribution in [3.8, 4) is 5.75 Å². The van der Waals surface area contributed by atoms with Crippen LogP contribution in [-0.2, 0) is 0 Å². The highest BCUT2D eigenvalue weighted by Crippen LogP contribution is 2.13. The third kappa shape index (κ3) is 4.53. The van der Waals surface area contributed by atoms with Crippen molar-refractivity contribution in [2.75, 3.05) is 32.1 Å². The van der Waals surface area contributed by atoms with Gasteiger partial charge in [-0.05, 0) is 30.3 Å². The van der Waals surface area contributed by atoms with Crippen molar-refractivity contribution < 1.29 is 9.53 Å². The number of amides is 1. The Morgan fingerprint density at radius 1 is 1.10 bits per heavy atom. The molecule has 0 saturated heterocycles. The molecular formula is C17H20N2O2. The minimum Gasteiger partial charge on any atom is -0.492 e. The fraction of sp³-hybridized carbons (Fsp3) is 0.235. The van der Waals surface area contributed by atoms with E-state index in [1.54, 1.807) is 6.07 Å². The van der Waals surface area contributed by atoms with E-state index in [9.17, 15) is 4.79 Å². The number of hydrogen-bond donors (Lipinski definition) is 1. The summed E-state index contributed by atoms with van der Waals surface area (Å²) >= 11 is 0. The Hall–Kier alpha value is -2.49. The average Bonchev–Trinajstić information content (AvgIpc) is 2.52. The molecule has 4 nitrogen and oxygen atoms in total. The number of carbonyl (C=O) groups is 1. The maximum atomic E-state index is 12.0. The lowest BCUT2D eigenvalue weighted by Gasteiger charge is -2.13. The molecule has 21 heavy (non-hydrogen) atoms. The van der Waals surface area contributed by atoms with Crippen molar-refractivity contribution in [3.05, 3.63) is 60.2 Å². The van der Waals surface area contributed by atoms with E-state index in [1.807, 2.05) is 67.5 Å². The lowest BCUT2D eigenvalue weighted by Crippen LogP contribution is -2.28. The van der Waals surface area contributed by atoms with Gasteiger partial charge in [0.25, 0.3) is 5.91 Å². The fourth-order valence-electron chi connectivity index (χ4n) is 1.88. The maximum absolute atomic E-state index is 12.0. The summed E-state index contributed by atoms with van der Waals surface area (Å²) in [5, 5.41) is 2.85. The minimum absolute atomic E-state index is 0.0876. The van der Waals surface area contributed by atoms with Gasteiger partial charge in [-0.25, -0.2) is 0 Å². The van der Waals surface area contributed by atoms with Crippen LogP contribution in [0.25, 0.3) is 0 Å². The van der Waals surface area contributed by atoms with E-state index in [0.717, 1.165) is 11.4 Å². The molecule has 0 aromatic heterocycles. The number of hydrogen-bond acceptors (Lipinski definition) is 3. The molecule has 1 N–H and O–H groups in total. The van der Waals surface area contributed by atoms with Crippen LogP contribution >= 0.6 is 0 Å². The van der Waals surface area contributed by atoms with Crippen LogP contribution in [0.2, 0.25) is 0 Å². The first-order valence-corrected chi connectivity index (χ1v) is 6.90. The van der Waals surface area contributed by atoms with E-state index in [4.69, 9.17) is 4.74 Å². The van der Waals surface area contributed by atoms with E-state index >= 15 is 0 Å². The second-order valence-corrected chi connectivity index (χ2v) is 4.86. The lowest BCUT2D eigenvalue weighted by atomic mass is 10.2. The van der Waals surface area contributed by atoms with E-state index in [1.165, 1.54) is 0 Å². The van der Waals surface area contributed by atoms with Gasteiger partial charge in [-0.1, -0.05) is 24.3 Å². The molecule has 110 valence electrons. The predicted octanol–water partition coefficient (Wildman–Crippen LogP) is 2.56. The molecular weight excluding hydrogens is 264 g/mol. The molecule has 0 aliphatic heterocycles. The Labute approximate surface area is 125 Å². The molecule has 0 heterocycles. The van der Waals surface area contributed by atoms with Crippen molar-refractivity contribution >= 4 is 11.6 Å². The SMILES string of the molecule is CN(C)c1cccc(C(=O)NCCOc2ccccc2)c1. The molecule has 0 bridgehead atoms. The second-order valence-electron chi connectivity index (χ2n) is 4.86. The summed E-state index contributed by atoms with van der Waals surface area (Å²) in [6, 6.07) is 17.1. The first-order chi connectivity index (χ1) is 10.2. The highest BCUT2D eigenvalue weighted by atomic mass is 16.5. The molecule has 2 rings (SSSR count). The van der Waals surface area contributed by atoms with E-state index < -0.39 is 0 Å². The van der Waals surface area contributed by atoms with Crippen LogP contribution in [-0.4, -0.2) is 33.2 Å². The zero-order chi connectivity index (χ0) is 15.1. The van der Waals surface area contributed by atoms with Crippen molar-refractivity contribution in [1.82, 2.24) is 5.32 Å². The lowest BCUT2D eigenvalue weighted by molar-refractivity contribution is 0.0947. The summed E-state index contributed by atoms with van der Waals surface area (Å²) in [5.41, 5.74) is 1.66. The van der Waals surface area contributed by atoms with Crippen LogP contribution in [0.3, 0.4) is 0 Å². The third-order valence-corrected chi connectivity index (χ3v) is 3.02. The highest BCUT2D eigenvalue weighted by Gasteiger charge is 2.06. The number of benzene rings is 2. The Kier molecular flexibility index (Phi) is 5.21. The number of nitrogens with zero attached hydrogens (tertiary/aromatic N) is 1. The standard InChI is InChI=1S/C17H20N2O2/c1-19(2)15-8-6-7-14(13-15)17(20)18-11-12-21-16-9-4-3-5-10-16/h3-10,13H,11-12H2,1-2H3,(H,18,20). The van der Waals surface area contributed by atoms with Crippen molar-refractivity contribution in [1.29, 1.82) is 0 Å². The highest BCUT2D eigenvalue weighted by molar-refractivity contribution is 5.95. The molecule has 0 radical (unpaired) electrons. The summed E-state index contributed by atoms with van der Waals surface area (Å²) in [6.07, 6.45) is 0. The molecule has 1 amide bonds. The molecule has 2 aromatic carbocycles. The van der Waals surface area contributed by atoms with Crippen LogP contribution < -0.4 is 15.0 Å². The average molecular weight is 284 g/mol. The molecule has 0 saturated carbocycles. The zero-order valence-electron chi connectivity index (χ0n) is 12.4. The first-order valence-electron chi connectivity index (χ1n) is 6.90. The summed E-state index contributed by atoms with van der Waals surface area (Å²) in [7, 11) is 3.90. The number of ether oxygens (including phenoxy) is 1. The third-order valence-electron chi connectivity index (χ3n) is 3.02. The van der Waals surface area contributed by atoms with Crippen molar-refractivity contribution in [2.45, 2.75) is 0 Å². The van der Waals surface area contributed by atoms with Gasteiger partial charge in [0, 0.05) is 25.3 Å². The normalized spacial score (nSPS) is 10.0. The summed E-state index contributed by atoms with van der Waals surface area (Å²) in [6.45, 7) is 0.920. The van der Waals surface area contributed by atoms with Gasteiger partial charge in [0.2, 0.25) is 0 Å². The van der Waals surface area contributed by atoms with E-state index in [2.05, 4.69) is 5.32 Å². The minimum atomic E-state index is -0.0876. The number of anilines is 1. The van der Waals surface area contributed by atoms with Gasteiger partial charge in [0.1, 0.15) is 12.4 Å². The molecule has 0 fully saturated rings. The van der Waals surface area contributed by atoms with Crippen LogP contribution in [0.1, 0.15) is 10.4 Å². The quantitative estimate of drug-likeness (QED) is 0.829. The number of rotatable bonds is 6. The first kappa shape index (κ1) is 14.9. The van der Waals surface area contributed by atoms with Gasteiger partial charge in [-0.3, -0.25) is 4.79 Å². The van der Waals surface area contributed by atoms with Crippen LogP contribution in [0.15, 0.2) is 54.6 Å². The summed E-state index contributed by atoms with van der Waals surface area (Å²) in [4.78, 5) is 14.0. The Morgan fingerprint density at radius 3 is 2.57 bits per heavy atom. The number of carbonyl (C=O) groups excluding carboxylic acids is 1. The molecule has 0 spiro atoms. The number of nitrogens with one attached hydrogen (secondary N) is 1. The van der Waals surface area contributed by atoms with Gasteiger partial charge < -0.3 is 15.0 Å². The molecule has 0 aliphatic rings. The van der Waals surface area contributed by atoms with Crippen molar-refractivity contribution in [3.63, 3.8) is 0 Å². The second kappa shape index (κ2) is 7.33. The molecule has 0 unspecified atom stereocenters. The van der Waals surface area contributed by atoms with E-state index in [-0.39, 0.29) is 5.91 Å². The van der Waals surface area contributed by atoms with Gasteiger partial charge in [0.15, 0.2) is 0 Å². The van der Waals surface area contributed by atoms with Crippen LogP contribution in [0.4, 0.5) is 5.69 Å². The summed E-state index contributed by atoms with van der Waals surface area (Å²) in [5.74, 6) is 0.719. The maximum Gasteiger partial charge on any atom is 0.251 e. The number of para-hydroxylation sites is 1. The Balaban J connectivity index is 1.81. The van der Waals surface area contributed by atoms with Crippen molar-refractivity contribution in [2.24, 2.45) is 0 Å². The molecule has 0 atom stereocenters. The topological polar surface area (TPSA) is 41.6 Å². The fourth-order valence-corrected chi connectivity index (χ4v) is 1.88. The molecule has 0 aliphatic carbocycles. The van der Waals surface area contributed by atoms with Crippen LogP contribution in [0, 0.1) is 0 Å². The largest absolute Gasteiger partial charge is 0.492 e. The van der Waals surface area contributed by atoms with Gasteiger partial charge >= 0.3 is 0 Å². The smallest absolute Gasteiger partial charge is 0.251 e. The Morgan fingerprint density at radius 2 is 1.86 bits per heavy atom. The predicted molar refractivity (Wildman–Crippen MR) is 85.0 cm³/mol. The monoisotopic (exact) mass is 284 g/mol. The zero-order valence-corrected chi connectivity index (χ0v) is 12.4. The van der Waals surface area contributed by atoms with Gasteiger partial charge in [-0.2, -0.15) is 0 Å². The summed E-state index contributed by atoms with van der Waals surface area (Å²) < 4.78 is 5.53. The van der Waals surface area contributed by atoms with Crippen LogP contribution in [0.5, 0.6) is 5.75 Å². The van der Waals surface area contributed by atoms with E-state index in [0.29, 0.717) is 18.7 Å². The van der Waals surface area contributed by atoms with Gasteiger partial charge in [0.05, 0.1) is 6.54 Å². The molecule has 2 aromatic rings. The van der Waals surface area contributed by atoms with Gasteiger partial charge in [-0.15, -0.1) is 0 Å². The Bertz CT molecular complexity index is 582. The molecule has 4 heteroatoms.